The number of rotatable bonds is 6. The predicted molar refractivity (Wildman–Crippen MR) is 64.0 cm³/mol. The van der Waals surface area contributed by atoms with Crippen LogP contribution in [0.15, 0.2) is 11.1 Å². The predicted octanol–water partition coefficient (Wildman–Crippen LogP) is -0.254. The molecule has 0 aliphatic carbocycles. The van der Waals surface area contributed by atoms with Crippen LogP contribution in [-0.4, -0.2) is 40.1 Å². The molecule has 2 atom stereocenters. The van der Waals surface area contributed by atoms with Crippen molar-refractivity contribution in [3.8, 4) is 0 Å². The van der Waals surface area contributed by atoms with Gasteiger partial charge in [-0.2, -0.15) is 0 Å². The highest BCUT2D eigenvalue weighted by Gasteiger charge is 2.27. The van der Waals surface area contributed by atoms with E-state index < -0.39 is 35.0 Å². The fourth-order valence-electron chi connectivity index (χ4n) is 0.991. The number of hydrogen-bond donors (Lipinski definition) is 4. The van der Waals surface area contributed by atoms with Gasteiger partial charge in [-0.05, 0) is 5.92 Å². The van der Waals surface area contributed by atoms with Crippen LogP contribution in [0, 0.1) is 5.92 Å². The summed E-state index contributed by atoms with van der Waals surface area (Å²) in [4.78, 5) is 32.8. The fourth-order valence-corrected chi connectivity index (χ4v) is 1.23. The highest BCUT2D eigenvalue weighted by Crippen LogP contribution is 2.09. The molecule has 0 radical (unpaired) electrons. The minimum absolute atomic E-state index is 0.193. The molecule has 0 fully saturated rings. The Morgan fingerprint density at radius 2 is 1.78 bits per heavy atom. The number of halogens is 1. The molecule has 102 valence electrons. The van der Waals surface area contributed by atoms with Gasteiger partial charge in [0.05, 0.1) is 11.1 Å². The van der Waals surface area contributed by atoms with Crippen molar-refractivity contribution < 1.29 is 24.6 Å². The zero-order chi connectivity index (χ0) is 14.5. The van der Waals surface area contributed by atoms with Gasteiger partial charge in [-0.15, -0.1) is 0 Å². The monoisotopic (exact) mass is 278 g/mol. The summed E-state index contributed by atoms with van der Waals surface area (Å²) in [6, 6.07) is -2.53. The van der Waals surface area contributed by atoms with Crippen molar-refractivity contribution in [2.45, 2.75) is 25.9 Å². The molecule has 7 nitrogen and oxygen atoms in total. The second-order valence-corrected chi connectivity index (χ2v) is 4.35. The van der Waals surface area contributed by atoms with Crippen LogP contribution in [0.25, 0.3) is 0 Å². The molecule has 5 N–H and O–H groups in total. The van der Waals surface area contributed by atoms with Crippen LogP contribution in [-0.2, 0) is 14.4 Å². The number of carbonyl (C=O) groups excluding carboxylic acids is 1. The number of nitrogens with two attached hydrogens (primary N) is 1. The smallest absolute Gasteiger partial charge is 0.331 e. The van der Waals surface area contributed by atoms with Crippen LogP contribution in [0.2, 0.25) is 0 Å². The van der Waals surface area contributed by atoms with E-state index in [1.807, 2.05) is 0 Å². The molecule has 0 saturated carbocycles. The zero-order valence-corrected chi connectivity index (χ0v) is 10.6. The van der Waals surface area contributed by atoms with E-state index in [9.17, 15) is 14.4 Å². The molecule has 0 rings (SSSR count). The van der Waals surface area contributed by atoms with E-state index in [-0.39, 0.29) is 5.92 Å². The van der Waals surface area contributed by atoms with Gasteiger partial charge in [-0.3, -0.25) is 4.79 Å². The summed E-state index contributed by atoms with van der Waals surface area (Å²) in [6.45, 7) is 3.38. The molecule has 0 heterocycles. The van der Waals surface area contributed by atoms with Crippen LogP contribution >= 0.6 is 11.6 Å². The second kappa shape index (κ2) is 6.97. The summed E-state index contributed by atoms with van der Waals surface area (Å²) in [5, 5.41) is 18.9. The first kappa shape index (κ1) is 16.4. The number of nitrogens with one attached hydrogen (secondary N) is 1. The standard InChI is InChI=1S/C10H15ClN2O5/c1-4(2)7(12)9(16)13-8(10(17)18)5(11)3-6(14)15/h3-4,7-8H,12H2,1-2H3,(H,13,16)(H,14,15)(H,17,18)/b5-3-/t7-,8+/m0/s1. The van der Waals surface area contributed by atoms with Gasteiger partial charge in [0.2, 0.25) is 5.91 Å². The highest BCUT2D eigenvalue weighted by molar-refractivity contribution is 6.33. The average molecular weight is 279 g/mol. The number of carboxylic acids is 2. The molecule has 0 aromatic rings. The first-order valence-electron chi connectivity index (χ1n) is 5.05. The molecule has 1 amide bonds. The topological polar surface area (TPSA) is 130 Å². The van der Waals surface area contributed by atoms with Gasteiger partial charge >= 0.3 is 11.9 Å². The Hall–Kier alpha value is -1.60. The minimum atomic E-state index is -1.62. The maximum absolute atomic E-state index is 11.6. The Balaban J connectivity index is 4.91. The molecule has 0 aromatic carbocycles. The van der Waals surface area contributed by atoms with Crippen LogP contribution in [0.1, 0.15) is 13.8 Å². The Bertz CT molecular complexity index is 380. The van der Waals surface area contributed by atoms with Crippen molar-refractivity contribution in [2.24, 2.45) is 11.7 Å². The molecule has 0 unspecified atom stereocenters. The van der Waals surface area contributed by atoms with E-state index in [0.29, 0.717) is 6.08 Å². The first-order chi connectivity index (χ1) is 8.16. The third kappa shape index (κ3) is 5.15. The van der Waals surface area contributed by atoms with E-state index in [4.69, 9.17) is 27.5 Å². The number of carbonyl (C=O) groups is 3. The molecule has 0 saturated heterocycles. The zero-order valence-electron chi connectivity index (χ0n) is 9.88. The average Bonchev–Trinajstić information content (AvgIpc) is 2.22. The summed E-state index contributed by atoms with van der Waals surface area (Å²) in [6.07, 6.45) is 0.502. The van der Waals surface area contributed by atoms with Crippen molar-refractivity contribution in [1.82, 2.24) is 5.32 Å². The van der Waals surface area contributed by atoms with Gasteiger partial charge in [0.15, 0.2) is 6.04 Å². The SMILES string of the molecule is CC(C)[C@H](N)C(=O)N[C@@H](C(=O)O)/C(Cl)=C/C(=O)O. The molecule has 0 aliphatic rings. The summed E-state index contributed by atoms with van der Waals surface area (Å²) >= 11 is 5.51. The lowest BCUT2D eigenvalue weighted by molar-refractivity contribution is -0.140. The van der Waals surface area contributed by atoms with E-state index in [0.717, 1.165) is 0 Å². The molecule has 18 heavy (non-hydrogen) atoms. The lowest BCUT2D eigenvalue weighted by atomic mass is 10.0. The van der Waals surface area contributed by atoms with E-state index >= 15 is 0 Å². The number of carboxylic acid groups (broad SMARTS) is 2. The lowest BCUT2D eigenvalue weighted by Crippen LogP contribution is -2.50. The van der Waals surface area contributed by atoms with Crippen LogP contribution in [0.3, 0.4) is 0 Å². The minimum Gasteiger partial charge on any atom is -0.479 e. The molecular weight excluding hydrogens is 264 g/mol. The highest BCUT2D eigenvalue weighted by atomic mass is 35.5. The van der Waals surface area contributed by atoms with E-state index in [1.54, 1.807) is 13.8 Å². The van der Waals surface area contributed by atoms with Crippen molar-refractivity contribution >= 4 is 29.4 Å². The number of amides is 1. The van der Waals surface area contributed by atoms with Crippen molar-refractivity contribution in [3.05, 3.63) is 11.1 Å². The second-order valence-electron chi connectivity index (χ2n) is 3.92. The quantitative estimate of drug-likeness (QED) is 0.496. The van der Waals surface area contributed by atoms with Crippen molar-refractivity contribution in [1.29, 1.82) is 0 Å². The molecule has 0 aliphatic heterocycles. The van der Waals surface area contributed by atoms with Gasteiger partial charge in [-0.1, -0.05) is 25.4 Å². The summed E-state index contributed by atoms with van der Waals surface area (Å²) in [5.41, 5.74) is 5.53. The van der Waals surface area contributed by atoms with Gasteiger partial charge in [0.1, 0.15) is 0 Å². The lowest BCUT2D eigenvalue weighted by Gasteiger charge is -2.19. The van der Waals surface area contributed by atoms with Crippen molar-refractivity contribution in [2.75, 3.05) is 0 Å². The van der Waals surface area contributed by atoms with Gasteiger partial charge in [-0.25, -0.2) is 9.59 Å². The molecule has 0 spiro atoms. The summed E-state index contributed by atoms with van der Waals surface area (Å²) < 4.78 is 0. The Morgan fingerprint density at radius 3 is 2.11 bits per heavy atom. The summed E-state index contributed by atoms with van der Waals surface area (Å²) in [7, 11) is 0. The van der Waals surface area contributed by atoms with Gasteiger partial charge < -0.3 is 21.3 Å². The van der Waals surface area contributed by atoms with E-state index in [2.05, 4.69) is 5.32 Å². The van der Waals surface area contributed by atoms with Gasteiger partial charge in [0.25, 0.3) is 0 Å². The Labute approximate surface area is 109 Å². The third-order valence-electron chi connectivity index (χ3n) is 2.09. The molecule has 0 aromatic heterocycles. The maximum Gasteiger partial charge on any atom is 0.331 e. The Kier molecular flexibility index (Phi) is 6.35. The van der Waals surface area contributed by atoms with Crippen molar-refractivity contribution in [3.63, 3.8) is 0 Å². The maximum atomic E-state index is 11.6. The molecule has 0 bridgehead atoms. The Morgan fingerprint density at radius 1 is 1.28 bits per heavy atom. The van der Waals surface area contributed by atoms with Crippen LogP contribution in [0.4, 0.5) is 0 Å². The molecular formula is C10H15ClN2O5. The fraction of sp³-hybridized carbons (Fsp3) is 0.500. The number of hydrogen-bond acceptors (Lipinski definition) is 4. The third-order valence-corrected chi connectivity index (χ3v) is 2.42. The normalized spacial score (nSPS) is 15.1. The van der Waals surface area contributed by atoms with Gasteiger partial charge in [0, 0.05) is 6.08 Å². The molecule has 8 heteroatoms. The largest absolute Gasteiger partial charge is 0.479 e. The first-order valence-corrected chi connectivity index (χ1v) is 5.43. The van der Waals surface area contributed by atoms with E-state index in [1.165, 1.54) is 0 Å². The summed E-state index contributed by atoms with van der Waals surface area (Å²) in [5.74, 6) is -3.79. The number of aliphatic carboxylic acids is 2. The van der Waals surface area contributed by atoms with Crippen LogP contribution in [0.5, 0.6) is 0 Å². The van der Waals surface area contributed by atoms with Crippen LogP contribution < -0.4 is 11.1 Å².